The van der Waals surface area contributed by atoms with Crippen molar-refractivity contribution in [2.75, 3.05) is 39.4 Å². The molecule has 8 nitrogen and oxygen atoms in total. The van der Waals surface area contributed by atoms with Crippen LogP contribution in [0.15, 0.2) is 4.52 Å². The zero-order valence-corrected chi connectivity index (χ0v) is 13.6. The normalized spacial score (nSPS) is 25.4. The number of nitrogens with zero attached hydrogens (tertiary/aromatic N) is 4. The van der Waals surface area contributed by atoms with E-state index in [-0.39, 0.29) is 5.25 Å². The minimum atomic E-state index is -3.26. The van der Waals surface area contributed by atoms with Crippen LogP contribution in [0.5, 0.6) is 0 Å². The molecule has 3 rings (SSSR count). The van der Waals surface area contributed by atoms with Crippen LogP contribution in [-0.4, -0.2) is 72.4 Å². The van der Waals surface area contributed by atoms with Crippen molar-refractivity contribution in [3.63, 3.8) is 0 Å². The Kier molecular flexibility index (Phi) is 4.76. The van der Waals surface area contributed by atoms with E-state index in [1.54, 1.807) is 11.2 Å². The van der Waals surface area contributed by atoms with Crippen LogP contribution in [0.4, 0.5) is 0 Å². The van der Waals surface area contributed by atoms with Gasteiger partial charge in [-0.25, -0.2) is 8.42 Å². The highest BCUT2D eigenvalue weighted by Crippen LogP contribution is 2.22. The summed E-state index contributed by atoms with van der Waals surface area (Å²) in [5.41, 5.74) is 0. The number of rotatable bonds is 4. The summed E-state index contributed by atoms with van der Waals surface area (Å²) in [6.45, 7) is 5.56. The van der Waals surface area contributed by atoms with Crippen LogP contribution in [0.1, 0.15) is 24.6 Å². The molecule has 1 atom stereocenters. The summed E-state index contributed by atoms with van der Waals surface area (Å²) in [7, 11) is -3.26. The first-order valence-electron chi connectivity index (χ1n) is 7.64. The molecule has 3 heterocycles. The molecule has 0 radical (unpaired) electrons. The largest absolute Gasteiger partial charge is 0.379 e. The number of sulfonamides is 1. The van der Waals surface area contributed by atoms with E-state index in [1.165, 1.54) is 0 Å². The lowest BCUT2D eigenvalue weighted by molar-refractivity contribution is 0.0718. The van der Waals surface area contributed by atoms with Gasteiger partial charge in [0.15, 0.2) is 5.82 Å². The molecule has 2 fully saturated rings. The van der Waals surface area contributed by atoms with Gasteiger partial charge in [-0.15, -0.1) is 0 Å². The summed E-state index contributed by atoms with van der Waals surface area (Å²) < 4.78 is 37.3. The van der Waals surface area contributed by atoms with Gasteiger partial charge in [-0.2, -0.15) is 9.29 Å². The molecule has 0 N–H and O–H groups in total. The monoisotopic (exact) mass is 330 g/mol. The van der Waals surface area contributed by atoms with Crippen molar-refractivity contribution in [3.05, 3.63) is 11.7 Å². The lowest BCUT2D eigenvalue weighted by Crippen LogP contribution is -2.50. The SMILES string of the molecule is Cc1nc(CN2CCCC(S(=O)(=O)N3CCOCC3)C2)no1. The first-order chi connectivity index (χ1) is 10.6. The molecule has 124 valence electrons. The summed E-state index contributed by atoms with van der Waals surface area (Å²) in [6.07, 6.45) is 1.58. The van der Waals surface area contributed by atoms with Gasteiger partial charge in [-0.3, -0.25) is 4.90 Å². The fraction of sp³-hybridized carbons (Fsp3) is 0.846. The van der Waals surface area contributed by atoms with Crippen LogP contribution in [0.3, 0.4) is 0 Å². The minimum Gasteiger partial charge on any atom is -0.379 e. The summed E-state index contributed by atoms with van der Waals surface area (Å²) >= 11 is 0. The predicted molar refractivity (Wildman–Crippen MR) is 78.6 cm³/mol. The number of aromatic nitrogens is 2. The molecule has 2 saturated heterocycles. The van der Waals surface area contributed by atoms with Crippen molar-refractivity contribution >= 4 is 10.0 Å². The number of morpholine rings is 1. The second kappa shape index (κ2) is 6.61. The first kappa shape index (κ1) is 15.9. The zero-order chi connectivity index (χ0) is 15.6. The van der Waals surface area contributed by atoms with E-state index < -0.39 is 10.0 Å². The van der Waals surface area contributed by atoms with Crippen molar-refractivity contribution < 1.29 is 17.7 Å². The predicted octanol–water partition coefficient (Wildman–Crippen LogP) is 0.00442. The lowest BCUT2D eigenvalue weighted by Gasteiger charge is -2.35. The Morgan fingerprint density at radius 3 is 2.73 bits per heavy atom. The molecule has 0 aromatic carbocycles. The summed E-state index contributed by atoms with van der Waals surface area (Å²) in [6, 6.07) is 0. The van der Waals surface area contributed by atoms with E-state index in [4.69, 9.17) is 9.26 Å². The van der Waals surface area contributed by atoms with Crippen LogP contribution in [0.2, 0.25) is 0 Å². The van der Waals surface area contributed by atoms with Crippen LogP contribution >= 0.6 is 0 Å². The minimum absolute atomic E-state index is 0.354. The molecule has 0 bridgehead atoms. The number of ether oxygens (including phenoxy) is 1. The first-order valence-corrected chi connectivity index (χ1v) is 9.14. The number of aryl methyl sites for hydroxylation is 1. The van der Waals surface area contributed by atoms with Crippen molar-refractivity contribution in [3.8, 4) is 0 Å². The van der Waals surface area contributed by atoms with Gasteiger partial charge in [-0.1, -0.05) is 5.16 Å². The number of likely N-dealkylation sites (tertiary alicyclic amines) is 1. The lowest BCUT2D eigenvalue weighted by atomic mass is 10.1. The second-order valence-electron chi connectivity index (χ2n) is 5.79. The average Bonchev–Trinajstić information content (AvgIpc) is 2.93. The molecular weight excluding hydrogens is 308 g/mol. The van der Waals surface area contributed by atoms with E-state index in [9.17, 15) is 8.42 Å². The van der Waals surface area contributed by atoms with Crippen LogP contribution in [-0.2, 0) is 21.3 Å². The Labute approximate surface area is 130 Å². The topological polar surface area (TPSA) is 88.8 Å². The van der Waals surface area contributed by atoms with Gasteiger partial charge in [0.25, 0.3) is 0 Å². The highest BCUT2D eigenvalue weighted by atomic mass is 32.2. The second-order valence-corrected chi connectivity index (χ2v) is 8.00. The number of hydrogen-bond acceptors (Lipinski definition) is 7. The molecule has 2 aliphatic heterocycles. The van der Waals surface area contributed by atoms with Gasteiger partial charge < -0.3 is 9.26 Å². The summed E-state index contributed by atoms with van der Waals surface area (Å²) in [4.78, 5) is 6.28. The summed E-state index contributed by atoms with van der Waals surface area (Å²) in [5.74, 6) is 1.14. The third-order valence-corrected chi connectivity index (χ3v) is 6.46. The van der Waals surface area contributed by atoms with Crippen molar-refractivity contribution in [2.45, 2.75) is 31.6 Å². The van der Waals surface area contributed by atoms with Crippen molar-refractivity contribution in [1.29, 1.82) is 0 Å². The molecule has 1 aromatic rings. The molecule has 0 aliphatic carbocycles. The quantitative estimate of drug-likeness (QED) is 0.768. The Bertz CT molecular complexity index is 597. The molecule has 2 aliphatic rings. The van der Waals surface area contributed by atoms with Gasteiger partial charge >= 0.3 is 0 Å². The van der Waals surface area contributed by atoms with Gasteiger partial charge in [0.05, 0.1) is 25.0 Å². The van der Waals surface area contributed by atoms with Gasteiger partial charge in [-0.05, 0) is 19.4 Å². The van der Waals surface area contributed by atoms with Crippen molar-refractivity contribution in [1.82, 2.24) is 19.3 Å². The van der Waals surface area contributed by atoms with E-state index >= 15 is 0 Å². The standard InChI is InChI=1S/C13H22N4O4S/c1-11-14-13(15-21-11)10-16-4-2-3-12(9-16)22(18,19)17-5-7-20-8-6-17/h12H,2-10H2,1H3. The third kappa shape index (κ3) is 3.48. The highest BCUT2D eigenvalue weighted by Gasteiger charge is 2.36. The number of piperidine rings is 1. The maximum Gasteiger partial charge on any atom is 0.223 e. The molecule has 1 unspecified atom stereocenters. The Morgan fingerprint density at radius 1 is 1.27 bits per heavy atom. The number of hydrogen-bond donors (Lipinski definition) is 0. The zero-order valence-electron chi connectivity index (χ0n) is 12.8. The van der Waals surface area contributed by atoms with Gasteiger partial charge in [0.2, 0.25) is 15.9 Å². The molecule has 9 heteroatoms. The maximum atomic E-state index is 12.7. The molecule has 22 heavy (non-hydrogen) atoms. The Morgan fingerprint density at radius 2 is 2.05 bits per heavy atom. The van der Waals surface area contributed by atoms with E-state index in [2.05, 4.69) is 15.0 Å². The Hall–Kier alpha value is -1.03. The fourth-order valence-corrected chi connectivity index (χ4v) is 4.96. The third-order valence-electron chi connectivity index (χ3n) is 4.15. The van der Waals surface area contributed by atoms with E-state index in [1.807, 2.05) is 0 Å². The van der Waals surface area contributed by atoms with E-state index in [0.29, 0.717) is 57.5 Å². The molecule has 0 saturated carbocycles. The van der Waals surface area contributed by atoms with Gasteiger partial charge in [0, 0.05) is 26.6 Å². The highest BCUT2D eigenvalue weighted by molar-refractivity contribution is 7.89. The van der Waals surface area contributed by atoms with Gasteiger partial charge in [0.1, 0.15) is 0 Å². The fourth-order valence-electron chi connectivity index (χ4n) is 3.02. The smallest absolute Gasteiger partial charge is 0.223 e. The van der Waals surface area contributed by atoms with Crippen molar-refractivity contribution in [2.24, 2.45) is 0 Å². The van der Waals surface area contributed by atoms with E-state index in [0.717, 1.165) is 13.0 Å². The van der Waals surface area contributed by atoms with Crippen LogP contribution < -0.4 is 0 Å². The average molecular weight is 330 g/mol. The maximum absolute atomic E-state index is 12.7. The molecule has 1 aromatic heterocycles. The molecule has 0 spiro atoms. The van der Waals surface area contributed by atoms with Crippen LogP contribution in [0.25, 0.3) is 0 Å². The summed E-state index contributed by atoms with van der Waals surface area (Å²) in [5, 5.41) is 3.53. The molecule has 0 amide bonds. The Balaban J connectivity index is 1.64. The van der Waals surface area contributed by atoms with Crippen LogP contribution in [0, 0.1) is 6.92 Å². The molecular formula is C13H22N4O4S.